The van der Waals surface area contributed by atoms with E-state index >= 15 is 0 Å². The molecule has 9 nitrogen and oxygen atoms in total. The van der Waals surface area contributed by atoms with Crippen LogP contribution in [0.5, 0.6) is 0 Å². The van der Waals surface area contributed by atoms with Gasteiger partial charge in [-0.15, -0.1) is 0 Å². The van der Waals surface area contributed by atoms with Crippen molar-refractivity contribution in [2.75, 3.05) is 6.54 Å². The number of alkyl carbamates (subject to hydrolysis) is 1. The summed E-state index contributed by atoms with van der Waals surface area (Å²) in [6.45, 7) is 0.661. The maximum Gasteiger partial charge on any atom is 0.457 e. The van der Waals surface area contributed by atoms with Crippen LogP contribution in [0.15, 0.2) is 67.9 Å². The molecule has 3 aromatic heterocycles. The summed E-state index contributed by atoms with van der Waals surface area (Å²) >= 11 is 0. The van der Waals surface area contributed by atoms with E-state index in [1.807, 2.05) is 6.07 Å². The number of nitrogens with one attached hydrogen (secondary N) is 1. The molecule has 0 spiro atoms. The van der Waals surface area contributed by atoms with E-state index in [9.17, 15) is 44.3 Å². The van der Waals surface area contributed by atoms with Crippen molar-refractivity contribution in [2.45, 2.75) is 90.0 Å². The van der Waals surface area contributed by atoms with Crippen molar-refractivity contribution in [2.24, 2.45) is 0 Å². The molecule has 0 aliphatic heterocycles. The van der Waals surface area contributed by atoms with Gasteiger partial charge in [-0.3, -0.25) is 0 Å². The zero-order valence-electron chi connectivity index (χ0n) is 26.2. The quantitative estimate of drug-likeness (QED) is 0.0833. The van der Waals surface area contributed by atoms with E-state index in [2.05, 4.69) is 10.3 Å². The van der Waals surface area contributed by atoms with Crippen molar-refractivity contribution >= 4 is 6.09 Å². The molecule has 268 valence electrons. The highest BCUT2D eigenvalue weighted by Gasteiger charge is 2.41. The molecular weight excluding hydrogens is 673 g/mol. The monoisotopic (exact) mass is 709 g/mol. The van der Waals surface area contributed by atoms with Gasteiger partial charge in [0.25, 0.3) is 0 Å². The van der Waals surface area contributed by atoms with Gasteiger partial charge in [0, 0.05) is 25.7 Å². The van der Waals surface area contributed by atoms with E-state index in [1.54, 1.807) is 24.3 Å². The molecule has 3 heterocycles. The number of carbonyl (C=O) groups is 1. The van der Waals surface area contributed by atoms with Crippen molar-refractivity contribution in [3.8, 4) is 0 Å². The highest BCUT2D eigenvalue weighted by molar-refractivity contribution is 5.67. The van der Waals surface area contributed by atoms with Gasteiger partial charge in [0.05, 0.1) is 32.5 Å². The highest BCUT2D eigenvalue weighted by Crippen LogP contribution is 2.30. The molecule has 0 saturated carbocycles. The molecular formula is C31H36F9N7O2+2. The highest BCUT2D eigenvalue weighted by atomic mass is 19.4. The normalized spacial score (nSPS) is 12.4. The fourth-order valence-electron chi connectivity index (χ4n) is 5.09. The van der Waals surface area contributed by atoms with Crippen LogP contribution in [0.25, 0.3) is 0 Å². The Morgan fingerprint density at radius 1 is 0.735 bits per heavy atom. The molecule has 0 aliphatic carbocycles. The molecule has 49 heavy (non-hydrogen) atoms. The van der Waals surface area contributed by atoms with Crippen molar-refractivity contribution in [1.29, 1.82) is 0 Å². The summed E-state index contributed by atoms with van der Waals surface area (Å²) in [5.41, 5.74) is -2.01. The lowest BCUT2D eigenvalue weighted by Gasteiger charge is -2.06. The Morgan fingerprint density at radius 2 is 1.29 bits per heavy atom. The van der Waals surface area contributed by atoms with Crippen molar-refractivity contribution in [1.82, 2.24) is 24.0 Å². The molecule has 0 atom stereocenters. The van der Waals surface area contributed by atoms with Gasteiger partial charge in [0.1, 0.15) is 19.0 Å². The third kappa shape index (κ3) is 11.6. The number of halogens is 9. The molecule has 0 fully saturated rings. The van der Waals surface area contributed by atoms with Crippen LogP contribution in [0.2, 0.25) is 0 Å². The number of imidazole rings is 3. The minimum absolute atomic E-state index is 0.0242. The minimum Gasteiger partial charge on any atom is -0.445 e. The van der Waals surface area contributed by atoms with E-state index < -0.39 is 41.7 Å². The first-order valence-electron chi connectivity index (χ1n) is 15.5. The lowest BCUT2D eigenvalue weighted by molar-refractivity contribution is -0.697. The Morgan fingerprint density at radius 3 is 1.84 bits per heavy atom. The van der Waals surface area contributed by atoms with Gasteiger partial charge in [0.15, 0.2) is 5.69 Å². The Balaban J connectivity index is 1.23. The SMILES string of the molecule is O=C(NCCC[n+]1cc(C(F)(F)F)n(CCCC[n+]2cc(C(F)(F)F)n(CCCCn3cnc(C(F)(F)F)c3)c2)c1)OCc1ccccc1. The Labute approximate surface area is 275 Å². The van der Waals surface area contributed by atoms with Crippen molar-refractivity contribution in [3.63, 3.8) is 0 Å². The molecule has 4 rings (SSSR count). The van der Waals surface area contributed by atoms with E-state index in [0.29, 0.717) is 19.3 Å². The number of alkyl halides is 9. The van der Waals surface area contributed by atoms with Crippen LogP contribution in [-0.4, -0.2) is 31.3 Å². The molecule has 1 aromatic carbocycles. The van der Waals surface area contributed by atoms with Gasteiger partial charge in [-0.2, -0.15) is 39.5 Å². The molecule has 4 aromatic rings. The number of rotatable bonds is 16. The number of carbonyl (C=O) groups excluding carboxylic acids is 1. The molecule has 0 bridgehead atoms. The van der Waals surface area contributed by atoms with E-state index in [0.717, 1.165) is 39.6 Å². The second kappa shape index (κ2) is 16.3. The smallest absolute Gasteiger partial charge is 0.445 e. The zero-order valence-corrected chi connectivity index (χ0v) is 26.2. The molecule has 1 amide bonds. The van der Waals surface area contributed by atoms with E-state index in [1.165, 1.54) is 26.4 Å². The summed E-state index contributed by atoms with van der Waals surface area (Å²) in [6, 6.07) is 9.04. The van der Waals surface area contributed by atoms with E-state index in [-0.39, 0.29) is 58.7 Å². The topological polar surface area (TPSA) is 73.8 Å². The molecule has 18 heteroatoms. The summed E-state index contributed by atoms with van der Waals surface area (Å²) in [4.78, 5) is 15.2. The molecule has 0 aliphatic rings. The maximum absolute atomic E-state index is 13.7. The standard InChI is InChI=1S/C31H35F9N7O2/c32-29(33,34)25-17-43(21-42-25)12-4-6-15-46-22-44(18-26(46)30(35,36)37)13-5-7-16-47-23-45(19-27(47)31(38,39)40)14-8-11-41-28(48)49-20-24-9-2-1-3-10-24/h1-3,9-10,17-19,21-23H,4-8,11-16,20H2/q+1/p+1. The minimum atomic E-state index is -4.66. The maximum atomic E-state index is 13.7. The van der Waals surface area contributed by atoms with Gasteiger partial charge in [-0.05, 0) is 31.2 Å². The number of aryl methyl sites for hydroxylation is 5. The van der Waals surface area contributed by atoms with Gasteiger partial charge < -0.3 is 14.6 Å². The Kier molecular flexibility index (Phi) is 12.4. The first-order valence-corrected chi connectivity index (χ1v) is 15.5. The lowest BCUT2D eigenvalue weighted by Crippen LogP contribution is -2.34. The number of unbranched alkanes of at least 4 members (excludes halogenated alkanes) is 2. The third-order valence-electron chi connectivity index (χ3n) is 7.48. The molecule has 0 unspecified atom stereocenters. The van der Waals surface area contributed by atoms with Crippen LogP contribution in [0.4, 0.5) is 44.3 Å². The average Bonchev–Trinajstić information content (AvgIpc) is 3.77. The van der Waals surface area contributed by atoms with E-state index in [4.69, 9.17) is 4.74 Å². The van der Waals surface area contributed by atoms with Crippen LogP contribution >= 0.6 is 0 Å². The first-order chi connectivity index (χ1) is 23.1. The Bertz CT molecular complexity index is 1620. The van der Waals surface area contributed by atoms with Crippen LogP contribution in [-0.2, 0) is 62.6 Å². The number of aromatic nitrogens is 6. The summed E-state index contributed by atoms with van der Waals surface area (Å²) in [6.07, 6.45) is -6.74. The summed E-state index contributed by atoms with van der Waals surface area (Å²) in [5.74, 6) is 0. The van der Waals surface area contributed by atoms with Gasteiger partial charge >= 0.3 is 24.6 Å². The number of amides is 1. The summed E-state index contributed by atoms with van der Waals surface area (Å²) in [5, 5.41) is 2.56. The third-order valence-corrected chi connectivity index (χ3v) is 7.48. The van der Waals surface area contributed by atoms with Gasteiger partial charge in [-0.1, -0.05) is 30.3 Å². The Hall–Kier alpha value is -4.51. The molecule has 1 N–H and O–H groups in total. The van der Waals surface area contributed by atoms with Crippen molar-refractivity contribution < 1.29 is 58.2 Å². The van der Waals surface area contributed by atoms with Gasteiger partial charge in [0.2, 0.25) is 24.0 Å². The summed E-state index contributed by atoms with van der Waals surface area (Å²) in [7, 11) is 0. The number of ether oxygens (including phenoxy) is 1. The van der Waals surface area contributed by atoms with Crippen molar-refractivity contribution in [3.05, 3.63) is 90.5 Å². The zero-order chi connectivity index (χ0) is 35.7. The fourth-order valence-corrected chi connectivity index (χ4v) is 5.09. The molecule has 0 radical (unpaired) electrons. The second-order valence-electron chi connectivity index (χ2n) is 11.4. The predicted molar refractivity (Wildman–Crippen MR) is 154 cm³/mol. The number of hydrogen-bond donors (Lipinski definition) is 1. The fraction of sp³-hybridized carbons (Fsp3) is 0.484. The van der Waals surface area contributed by atoms with Crippen LogP contribution in [0.3, 0.4) is 0 Å². The number of hydrogen-bond acceptors (Lipinski definition) is 3. The van der Waals surface area contributed by atoms with Gasteiger partial charge in [-0.25, -0.2) is 28.0 Å². The number of benzene rings is 1. The van der Waals surface area contributed by atoms with Crippen LogP contribution in [0.1, 0.15) is 54.7 Å². The largest absolute Gasteiger partial charge is 0.457 e. The molecule has 0 saturated heterocycles. The second-order valence-corrected chi connectivity index (χ2v) is 11.4. The number of nitrogens with zero attached hydrogens (tertiary/aromatic N) is 6. The first kappa shape index (κ1) is 37.3. The lowest BCUT2D eigenvalue weighted by atomic mass is 10.2. The average molecular weight is 710 g/mol. The van der Waals surface area contributed by atoms with Crippen LogP contribution in [0, 0.1) is 0 Å². The predicted octanol–water partition coefficient (Wildman–Crippen LogP) is 6.39. The van der Waals surface area contributed by atoms with Crippen LogP contribution < -0.4 is 14.5 Å². The summed E-state index contributed by atoms with van der Waals surface area (Å²) < 4.78 is 131.